The molecule has 1 aromatic heterocycles. The minimum atomic E-state index is -0.685. The number of carbonyl (C=O) groups is 1. The highest BCUT2D eigenvalue weighted by atomic mass is 16.4. The van der Waals surface area contributed by atoms with Crippen molar-refractivity contribution in [3.05, 3.63) is 108 Å². The van der Waals surface area contributed by atoms with Crippen LogP contribution in [0.3, 0.4) is 0 Å². The second-order valence-electron chi connectivity index (χ2n) is 8.96. The van der Waals surface area contributed by atoms with E-state index in [2.05, 4.69) is 29.2 Å². The first-order chi connectivity index (χ1) is 16.7. The zero-order valence-electron chi connectivity index (χ0n) is 19.2. The monoisotopic (exact) mass is 454 g/mol. The van der Waals surface area contributed by atoms with Crippen molar-refractivity contribution >= 4 is 16.9 Å². The number of aliphatic hydroxyl groups excluding tert-OH is 1. The van der Waals surface area contributed by atoms with Crippen LogP contribution in [0.5, 0.6) is 0 Å². The van der Waals surface area contributed by atoms with Crippen LogP contribution in [-0.2, 0) is 4.79 Å². The van der Waals surface area contributed by atoms with Crippen molar-refractivity contribution in [2.75, 3.05) is 32.7 Å². The molecule has 0 saturated carbocycles. The van der Waals surface area contributed by atoms with Crippen molar-refractivity contribution in [2.45, 2.75) is 18.4 Å². The van der Waals surface area contributed by atoms with E-state index in [1.165, 1.54) is 0 Å². The van der Waals surface area contributed by atoms with E-state index >= 15 is 0 Å². The highest BCUT2D eigenvalue weighted by Gasteiger charge is 2.26. The van der Waals surface area contributed by atoms with Gasteiger partial charge in [0.2, 0.25) is 5.91 Å². The third kappa shape index (κ3) is 5.06. The molecular formula is C29H30N2O3. The smallest absolute Gasteiger partial charge is 0.223 e. The summed E-state index contributed by atoms with van der Waals surface area (Å²) >= 11 is 0. The van der Waals surface area contributed by atoms with E-state index in [-0.39, 0.29) is 11.8 Å². The third-order valence-corrected chi connectivity index (χ3v) is 6.71. The van der Waals surface area contributed by atoms with Crippen LogP contribution in [0, 0.1) is 0 Å². The molecule has 1 amide bonds. The summed E-state index contributed by atoms with van der Waals surface area (Å²) in [4.78, 5) is 17.4. The predicted molar refractivity (Wildman–Crippen MR) is 134 cm³/mol. The molecule has 0 radical (unpaired) electrons. The van der Waals surface area contributed by atoms with Crippen molar-refractivity contribution in [3.63, 3.8) is 0 Å². The van der Waals surface area contributed by atoms with Gasteiger partial charge < -0.3 is 14.4 Å². The van der Waals surface area contributed by atoms with Crippen LogP contribution in [-0.4, -0.2) is 53.5 Å². The summed E-state index contributed by atoms with van der Waals surface area (Å²) in [5, 5.41) is 11.7. The number of carbonyl (C=O) groups excluding carboxylic acids is 1. The number of benzene rings is 3. The lowest BCUT2D eigenvalue weighted by Gasteiger charge is -2.36. The lowest BCUT2D eigenvalue weighted by molar-refractivity contribution is -0.133. The first-order valence-corrected chi connectivity index (χ1v) is 11.9. The van der Waals surface area contributed by atoms with Crippen molar-refractivity contribution < 1.29 is 14.3 Å². The Bertz CT molecular complexity index is 1140. The number of rotatable bonds is 7. The van der Waals surface area contributed by atoms with Gasteiger partial charge in [-0.25, -0.2) is 0 Å². The molecule has 2 heterocycles. The number of para-hydroxylation sites is 1. The minimum absolute atomic E-state index is 0.0443. The number of hydrogen-bond acceptors (Lipinski definition) is 4. The molecule has 0 spiro atoms. The molecule has 5 rings (SSSR count). The fourth-order valence-electron chi connectivity index (χ4n) is 4.78. The maximum atomic E-state index is 13.2. The Labute approximate surface area is 200 Å². The van der Waals surface area contributed by atoms with E-state index < -0.39 is 6.10 Å². The predicted octanol–water partition coefficient (Wildman–Crippen LogP) is 4.83. The standard InChI is InChI=1S/C29H30N2O3/c32-26(28-19-24-13-7-8-14-27(24)34-28)21-30-15-17-31(18-16-30)29(33)20-25(22-9-3-1-4-10-22)23-11-5-2-6-12-23/h1-14,19,25-26,32H,15-18,20-21H2. The summed E-state index contributed by atoms with van der Waals surface area (Å²) in [6.45, 7) is 3.32. The number of aliphatic hydroxyl groups is 1. The second-order valence-corrected chi connectivity index (χ2v) is 8.96. The molecule has 1 saturated heterocycles. The Morgan fingerprint density at radius 1 is 0.824 bits per heavy atom. The van der Waals surface area contributed by atoms with Gasteiger partial charge in [-0.1, -0.05) is 78.9 Å². The number of nitrogens with zero attached hydrogens (tertiary/aromatic N) is 2. The maximum absolute atomic E-state index is 13.2. The molecule has 1 fully saturated rings. The summed E-state index contributed by atoms with van der Waals surface area (Å²) in [5.41, 5.74) is 3.11. The molecule has 1 aliphatic heterocycles. The van der Waals surface area contributed by atoms with Gasteiger partial charge in [-0.2, -0.15) is 0 Å². The Balaban J connectivity index is 1.19. The van der Waals surface area contributed by atoms with E-state index in [9.17, 15) is 9.90 Å². The third-order valence-electron chi connectivity index (χ3n) is 6.71. The van der Waals surface area contributed by atoms with Gasteiger partial charge in [0.25, 0.3) is 0 Å². The van der Waals surface area contributed by atoms with Crippen molar-refractivity contribution in [2.24, 2.45) is 0 Å². The van der Waals surface area contributed by atoms with Gasteiger partial charge in [-0.05, 0) is 23.3 Å². The SMILES string of the molecule is O=C(CC(c1ccccc1)c1ccccc1)N1CCN(CC(O)c2cc3ccccc3o2)CC1. The summed E-state index contributed by atoms with van der Waals surface area (Å²) in [6.07, 6.45) is -0.231. The summed E-state index contributed by atoms with van der Waals surface area (Å²) in [5.74, 6) is 0.811. The van der Waals surface area contributed by atoms with Crippen molar-refractivity contribution in [3.8, 4) is 0 Å². The minimum Gasteiger partial charge on any atom is -0.458 e. The number of furan rings is 1. The molecule has 1 aliphatic rings. The van der Waals surface area contributed by atoms with Crippen LogP contribution >= 0.6 is 0 Å². The topological polar surface area (TPSA) is 56.9 Å². The zero-order valence-corrected chi connectivity index (χ0v) is 19.2. The Hall–Kier alpha value is -3.41. The van der Waals surface area contributed by atoms with Crippen LogP contribution < -0.4 is 0 Å². The maximum Gasteiger partial charge on any atom is 0.223 e. The largest absolute Gasteiger partial charge is 0.458 e. The Morgan fingerprint density at radius 2 is 1.41 bits per heavy atom. The van der Waals surface area contributed by atoms with Crippen LogP contribution in [0.1, 0.15) is 35.3 Å². The van der Waals surface area contributed by atoms with Gasteiger partial charge in [0.15, 0.2) is 0 Å². The van der Waals surface area contributed by atoms with Crippen LogP contribution in [0.4, 0.5) is 0 Å². The van der Waals surface area contributed by atoms with Gasteiger partial charge in [-0.3, -0.25) is 9.69 Å². The van der Waals surface area contributed by atoms with E-state index in [4.69, 9.17) is 4.42 Å². The highest BCUT2D eigenvalue weighted by molar-refractivity contribution is 5.78. The molecular weight excluding hydrogens is 424 g/mol. The zero-order chi connectivity index (χ0) is 23.3. The highest BCUT2D eigenvalue weighted by Crippen LogP contribution is 2.29. The molecule has 1 unspecified atom stereocenters. The van der Waals surface area contributed by atoms with E-state index in [0.717, 1.165) is 35.2 Å². The molecule has 0 bridgehead atoms. The van der Waals surface area contributed by atoms with E-state index in [0.29, 0.717) is 31.8 Å². The van der Waals surface area contributed by atoms with E-state index in [1.807, 2.05) is 71.6 Å². The van der Waals surface area contributed by atoms with Gasteiger partial charge in [-0.15, -0.1) is 0 Å². The second kappa shape index (κ2) is 10.2. The fourth-order valence-corrected chi connectivity index (χ4v) is 4.78. The van der Waals surface area contributed by atoms with Crippen molar-refractivity contribution in [1.29, 1.82) is 0 Å². The molecule has 34 heavy (non-hydrogen) atoms. The molecule has 1 N–H and O–H groups in total. The number of hydrogen-bond donors (Lipinski definition) is 1. The molecule has 4 aromatic rings. The average Bonchev–Trinajstić information content (AvgIpc) is 3.33. The number of piperazine rings is 1. The number of amides is 1. The fraction of sp³-hybridized carbons (Fsp3) is 0.276. The summed E-state index contributed by atoms with van der Waals surface area (Å²) in [7, 11) is 0. The quantitative estimate of drug-likeness (QED) is 0.435. The summed E-state index contributed by atoms with van der Waals surface area (Å²) in [6, 6.07) is 30.2. The first kappa shape index (κ1) is 22.4. The number of β-amino-alcohol motifs (C(OH)–C–C–N with tert-alkyl or cyclic N) is 1. The van der Waals surface area contributed by atoms with Crippen molar-refractivity contribution in [1.82, 2.24) is 9.80 Å². The molecule has 5 nitrogen and oxygen atoms in total. The summed E-state index contributed by atoms with van der Waals surface area (Å²) < 4.78 is 5.82. The van der Waals surface area contributed by atoms with Crippen LogP contribution in [0.2, 0.25) is 0 Å². The van der Waals surface area contributed by atoms with E-state index in [1.54, 1.807) is 0 Å². The first-order valence-electron chi connectivity index (χ1n) is 11.9. The molecule has 174 valence electrons. The average molecular weight is 455 g/mol. The molecule has 0 aliphatic carbocycles. The molecule has 1 atom stereocenters. The van der Waals surface area contributed by atoms with Crippen LogP contribution in [0.25, 0.3) is 11.0 Å². The molecule has 3 aromatic carbocycles. The molecule has 5 heteroatoms. The van der Waals surface area contributed by atoms with Crippen LogP contribution in [0.15, 0.2) is 95.4 Å². The Morgan fingerprint density at radius 3 is 2.03 bits per heavy atom. The Kier molecular flexibility index (Phi) is 6.74. The van der Waals surface area contributed by atoms with Gasteiger partial charge in [0.05, 0.1) is 0 Å². The number of fused-ring (bicyclic) bond motifs is 1. The van der Waals surface area contributed by atoms with Gasteiger partial charge >= 0.3 is 0 Å². The normalized spacial score (nSPS) is 15.6. The van der Waals surface area contributed by atoms with Gasteiger partial charge in [0, 0.05) is 50.4 Å². The lowest BCUT2D eigenvalue weighted by Crippen LogP contribution is -2.49. The van der Waals surface area contributed by atoms with Gasteiger partial charge in [0.1, 0.15) is 17.4 Å². The lowest BCUT2D eigenvalue weighted by atomic mass is 9.88.